The Kier molecular flexibility index (Phi) is 3.49. The van der Waals surface area contributed by atoms with Crippen molar-refractivity contribution in [2.45, 2.75) is 37.5 Å². The highest BCUT2D eigenvalue weighted by Gasteiger charge is 2.39. The smallest absolute Gasteiger partial charge is 0.232 e. The van der Waals surface area contributed by atoms with E-state index in [0.717, 1.165) is 12.5 Å². The quantitative estimate of drug-likeness (QED) is 0.874. The molecule has 0 spiro atoms. The summed E-state index contributed by atoms with van der Waals surface area (Å²) in [5, 5.41) is 13.7. The highest BCUT2D eigenvalue weighted by Crippen LogP contribution is 2.39. The Hall–Kier alpha value is -1.11. The van der Waals surface area contributed by atoms with Crippen molar-refractivity contribution >= 4 is 17.7 Å². The van der Waals surface area contributed by atoms with E-state index >= 15 is 0 Å². The van der Waals surface area contributed by atoms with Crippen LogP contribution in [0.2, 0.25) is 0 Å². The van der Waals surface area contributed by atoms with Gasteiger partial charge in [0.25, 0.3) is 0 Å². The molecule has 3 rings (SSSR count). The first-order valence-electron chi connectivity index (χ1n) is 6.44. The van der Waals surface area contributed by atoms with Crippen LogP contribution in [0.25, 0.3) is 0 Å². The maximum Gasteiger partial charge on any atom is 0.232 e. The molecule has 2 atom stereocenters. The molecule has 98 valence electrons. The number of nitrogens with zero attached hydrogens (tertiary/aromatic N) is 4. The normalized spacial score (nSPS) is 26.6. The van der Waals surface area contributed by atoms with Crippen LogP contribution in [0.5, 0.6) is 0 Å². The number of carbonyl (C=O) groups excluding carboxylic acids is 1. The minimum absolute atomic E-state index is 0.276. The molecular weight excluding hydrogens is 250 g/mol. The SMILES string of the molecule is O=C(CSCc1nn[nH]n1)N1CCC[C@@H]2CC[C@@H]21. The van der Waals surface area contributed by atoms with Crippen LogP contribution >= 0.6 is 11.8 Å². The van der Waals surface area contributed by atoms with Gasteiger partial charge in [-0.15, -0.1) is 22.0 Å². The second kappa shape index (κ2) is 5.26. The second-order valence-electron chi connectivity index (χ2n) is 4.95. The third-order valence-corrected chi connectivity index (χ3v) is 4.83. The molecule has 1 amide bonds. The monoisotopic (exact) mass is 267 g/mol. The number of piperidine rings is 1. The Balaban J connectivity index is 1.46. The van der Waals surface area contributed by atoms with Crippen LogP contribution in [0.3, 0.4) is 0 Å². The molecule has 1 N–H and O–H groups in total. The summed E-state index contributed by atoms with van der Waals surface area (Å²) in [6, 6.07) is 0.539. The van der Waals surface area contributed by atoms with Gasteiger partial charge in [-0.05, 0) is 31.6 Å². The highest BCUT2D eigenvalue weighted by molar-refractivity contribution is 7.99. The van der Waals surface area contributed by atoms with Crippen molar-refractivity contribution < 1.29 is 4.79 Å². The fourth-order valence-electron chi connectivity index (χ4n) is 2.85. The van der Waals surface area contributed by atoms with Crippen molar-refractivity contribution in [2.24, 2.45) is 5.92 Å². The van der Waals surface area contributed by atoms with E-state index in [1.807, 2.05) is 0 Å². The van der Waals surface area contributed by atoms with Crippen molar-refractivity contribution in [2.75, 3.05) is 12.3 Å². The number of thioether (sulfide) groups is 1. The molecule has 1 aliphatic carbocycles. The summed E-state index contributed by atoms with van der Waals surface area (Å²) < 4.78 is 0. The van der Waals surface area contributed by atoms with E-state index in [1.165, 1.54) is 25.7 Å². The molecule has 0 unspecified atom stereocenters. The number of aromatic nitrogens is 4. The van der Waals surface area contributed by atoms with E-state index in [9.17, 15) is 4.79 Å². The molecule has 7 heteroatoms. The molecule has 0 bridgehead atoms. The summed E-state index contributed by atoms with van der Waals surface area (Å²) in [5.74, 6) is 2.89. The number of aromatic amines is 1. The van der Waals surface area contributed by atoms with E-state index < -0.39 is 0 Å². The molecule has 1 aliphatic heterocycles. The van der Waals surface area contributed by atoms with Crippen molar-refractivity contribution in [1.29, 1.82) is 0 Å². The lowest BCUT2D eigenvalue weighted by Crippen LogP contribution is -2.54. The second-order valence-corrected chi connectivity index (χ2v) is 5.94. The number of amides is 1. The zero-order valence-electron chi connectivity index (χ0n) is 10.2. The van der Waals surface area contributed by atoms with Crippen molar-refractivity contribution in [3.63, 3.8) is 0 Å². The molecule has 1 saturated heterocycles. The van der Waals surface area contributed by atoms with Crippen LogP contribution in [0.1, 0.15) is 31.5 Å². The number of tetrazole rings is 1. The Labute approximate surface area is 110 Å². The molecule has 6 nitrogen and oxygen atoms in total. The first-order chi connectivity index (χ1) is 8.84. The Bertz CT molecular complexity index is 410. The number of likely N-dealkylation sites (tertiary alicyclic amines) is 1. The fraction of sp³-hybridized carbons (Fsp3) is 0.818. The third-order valence-electron chi connectivity index (χ3n) is 3.92. The Morgan fingerprint density at radius 2 is 2.39 bits per heavy atom. The average Bonchev–Trinajstić information content (AvgIpc) is 2.83. The van der Waals surface area contributed by atoms with Crippen LogP contribution < -0.4 is 0 Å². The largest absolute Gasteiger partial charge is 0.339 e. The first kappa shape index (κ1) is 12.0. The average molecular weight is 267 g/mol. The van der Waals surface area contributed by atoms with Gasteiger partial charge in [0.15, 0.2) is 5.82 Å². The van der Waals surface area contributed by atoms with Gasteiger partial charge in [-0.3, -0.25) is 4.79 Å². The minimum Gasteiger partial charge on any atom is -0.339 e. The van der Waals surface area contributed by atoms with Crippen LogP contribution in [0.4, 0.5) is 0 Å². The van der Waals surface area contributed by atoms with E-state index in [2.05, 4.69) is 25.5 Å². The number of fused-ring (bicyclic) bond motifs is 1. The van der Waals surface area contributed by atoms with Crippen LogP contribution in [-0.4, -0.2) is 49.8 Å². The van der Waals surface area contributed by atoms with Crippen LogP contribution in [0.15, 0.2) is 0 Å². The fourth-order valence-corrected chi connectivity index (χ4v) is 3.60. The molecule has 2 aliphatic rings. The maximum atomic E-state index is 12.2. The van der Waals surface area contributed by atoms with Crippen LogP contribution in [-0.2, 0) is 10.5 Å². The predicted molar refractivity (Wildman–Crippen MR) is 67.8 cm³/mol. The standard InChI is InChI=1S/C11H17N5OS/c17-11(7-18-6-10-12-14-15-13-10)16-5-1-2-8-3-4-9(8)16/h8-9H,1-7H2,(H,12,13,14,15)/t8-,9+/m1/s1. The van der Waals surface area contributed by atoms with Gasteiger partial charge in [-0.2, -0.15) is 5.21 Å². The highest BCUT2D eigenvalue weighted by atomic mass is 32.2. The van der Waals surface area contributed by atoms with Gasteiger partial charge in [0, 0.05) is 12.6 Å². The molecule has 1 aromatic heterocycles. The summed E-state index contributed by atoms with van der Waals surface area (Å²) >= 11 is 1.56. The summed E-state index contributed by atoms with van der Waals surface area (Å²) in [5.41, 5.74) is 0. The minimum atomic E-state index is 0.276. The van der Waals surface area contributed by atoms with Gasteiger partial charge in [-0.1, -0.05) is 5.21 Å². The Morgan fingerprint density at radius 1 is 1.44 bits per heavy atom. The van der Waals surface area contributed by atoms with Gasteiger partial charge in [0.05, 0.1) is 11.5 Å². The number of hydrogen-bond donors (Lipinski definition) is 1. The zero-order chi connectivity index (χ0) is 12.4. The van der Waals surface area contributed by atoms with Crippen molar-refractivity contribution in [1.82, 2.24) is 25.5 Å². The number of carbonyl (C=O) groups is 1. The number of hydrogen-bond acceptors (Lipinski definition) is 5. The predicted octanol–water partition coefficient (Wildman–Crippen LogP) is 0.834. The summed E-state index contributed by atoms with van der Waals surface area (Å²) in [6.45, 7) is 0.947. The topological polar surface area (TPSA) is 74.8 Å². The van der Waals surface area contributed by atoms with Gasteiger partial charge in [0.1, 0.15) is 0 Å². The lowest BCUT2D eigenvalue weighted by molar-refractivity contribution is -0.137. The molecule has 1 aromatic rings. The molecular formula is C11H17N5OS. The van der Waals surface area contributed by atoms with E-state index in [4.69, 9.17) is 0 Å². The van der Waals surface area contributed by atoms with Gasteiger partial charge in [-0.25, -0.2) is 0 Å². The molecule has 2 fully saturated rings. The molecule has 0 radical (unpaired) electrons. The van der Waals surface area contributed by atoms with Gasteiger partial charge in [0.2, 0.25) is 5.91 Å². The summed E-state index contributed by atoms with van der Waals surface area (Å²) in [4.78, 5) is 14.3. The van der Waals surface area contributed by atoms with Gasteiger partial charge < -0.3 is 4.90 Å². The lowest BCUT2D eigenvalue weighted by atomic mass is 9.73. The van der Waals surface area contributed by atoms with Crippen molar-refractivity contribution in [3.05, 3.63) is 5.82 Å². The number of H-pyrrole nitrogens is 1. The summed E-state index contributed by atoms with van der Waals surface area (Å²) in [6.07, 6.45) is 4.99. The Morgan fingerprint density at radius 3 is 3.11 bits per heavy atom. The molecule has 1 saturated carbocycles. The van der Waals surface area contributed by atoms with E-state index in [-0.39, 0.29) is 5.91 Å². The maximum absolute atomic E-state index is 12.2. The molecule has 0 aromatic carbocycles. The first-order valence-corrected chi connectivity index (χ1v) is 7.59. The molecule has 2 heterocycles. The van der Waals surface area contributed by atoms with Crippen molar-refractivity contribution in [3.8, 4) is 0 Å². The molecule has 18 heavy (non-hydrogen) atoms. The number of nitrogens with one attached hydrogen (secondary N) is 1. The number of rotatable bonds is 4. The van der Waals surface area contributed by atoms with E-state index in [1.54, 1.807) is 11.8 Å². The van der Waals surface area contributed by atoms with Gasteiger partial charge >= 0.3 is 0 Å². The zero-order valence-corrected chi connectivity index (χ0v) is 11.0. The van der Waals surface area contributed by atoms with Crippen LogP contribution in [0, 0.1) is 5.92 Å². The summed E-state index contributed by atoms with van der Waals surface area (Å²) in [7, 11) is 0. The third kappa shape index (κ3) is 2.36. The lowest BCUT2D eigenvalue weighted by Gasteiger charge is -2.48. The van der Waals surface area contributed by atoms with E-state index in [0.29, 0.717) is 23.4 Å².